The highest BCUT2D eigenvalue weighted by atomic mass is 16.5. The SMILES string of the molecule is CCCCCCCCCOC(=O)C1CCCC(C(=O)OCCCC)C1. The summed E-state index contributed by atoms with van der Waals surface area (Å²) in [4.78, 5) is 24.3. The molecular formula is C21H38O4. The first-order chi connectivity index (χ1) is 12.2. The van der Waals surface area contributed by atoms with Crippen LogP contribution in [0.2, 0.25) is 0 Å². The van der Waals surface area contributed by atoms with E-state index in [2.05, 4.69) is 13.8 Å². The van der Waals surface area contributed by atoms with Crippen LogP contribution in [0.5, 0.6) is 0 Å². The summed E-state index contributed by atoms with van der Waals surface area (Å²) in [5.41, 5.74) is 0. The smallest absolute Gasteiger partial charge is 0.308 e. The van der Waals surface area contributed by atoms with E-state index in [0.29, 0.717) is 19.6 Å². The van der Waals surface area contributed by atoms with Gasteiger partial charge in [0, 0.05) is 0 Å². The van der Waals surface area contributed by atoms with Crippen LogP contribution >= 0.6 is 0 Å². The molecule has 1 saturated carbocycles. The fourth-order valence-corrected chi connectivity index (χ4v) is 3.40. The molecule has 0 bridgehead atoms. The minimum absolute atomic E-state index is 0.114. The Bertz CT molecular complexity index is 367. The highest BCUT2D eigenvalue weighted by Crippen LogP contribution is 2.31. The van der Waals surface area contributed by atoms with Gasteiger partial charge in [0.15, 0.2) is 0 Å². The van der Waals surface area contributed by atoms with Crippen molar-refractivity contribution in [3.05, 3.63) is 0 Å². The van der Waals surface area contributed by atoms with E-state index < -0.39 is 0 Å². The first kappa shape index (κ1) is 22.0. The maximum absolute atomic E-state index is 12.2. The van der Waals surface area contributed by atoms with Crippen LogP contribution in [0.3, 0.4) is 0 Å². The van der Waals surface area contributed by atoms with Crippen molar-refractivity contribution in [2.24, 2.45) is 11.8 Å². The summed E-state index contributed by atoms with van der Waals surface area (Å²) < 4.78 is 10.8. The Balaban J connectivity index is 2.14. The molecule has 1 aliphatic rings. The molecule has 0 spiro atoms. The van der Waals surface area contributed by atoms with Crippen LogP contribution in [0.1, 0.15) is 97.3 Å². The van der Waals surface area contributed by atoms with Crippen molar-refractivity contribution in [2.45, 2.75) is 97.3 Å². The maximum Gasteiger partial charge on any atom is 0.308 e. The molecule has 1 aliphatic carbocycles. The van der Waals surface area contributed by atoms with Crippen LogP contribution in [-0.2, 0) is 19.1 Å². The van der Waals surface area contributed by atoms with Gasteiger partial charge in [-0.15, -0.1) is 0 Å². The van der Waals surface area contributed by atoms with Gasteiger partial charge in [-0.3, -0.25) is 9.59 Å². The molecule has 0 N–H and O–H groups in total. The second kappa shape index (κ2) is 14.1. The maximum atomic E-state index is 12.2. The minimum atomic E-state index is -0.127. The lowest BCUT2D eigenvalue weighted by atomic mass is 9.81. The van der Waals surface area contributed by atoms with E-state index in [1.165, 1.54) is 32.1 Å². The number of carbonyl (C=O) groups excluding carboxylic acids is 2. The van der Waals surface area contributed by atoms with Crippen molar-refractivity contribution >= 4 is 11.9 Å². The molecule has 1 rings (SSSR count). The van der Waals surface area contributed by atoms with Crippen LogP contribution in [0.15, 0.2) is 0 Å². The lowest BCUT2D eigenvalue weighted by Gasteiger charge is -2.26. The largest absolute Gasteiger partial charge is 0.465 e. The van der Waals surface area contributed by atoms with Gasteiger partial charge >= 0.3 is 11.9 Å². The Labute approximate surface area is 154 Å². The third-order valence-electron chi connectivity index (χ3n) is 5.08. The highest BCUT2D eigenvalue weighted by Gasteiger charge is 2.32. The van der Waals surface area contributed by atoms with Crippen molar-refractivity contribution < 1.29 is 19.1 Å². The van der Waals surface area contributed by atoms with E-state index in [1.807, 2.05) is 0 Å². The second-order valence-electron chi connectivity index (χ2n) is 7.37. The van der Waals surface area contributed by atoms with Crippen LogP contribution in [0.25, 0.3) is 0 Å². The Morgan fingerprint density at radius 3 is 1.76 bits per heavy atom. The van der Waals surface area contributed by atoms with E-state index >= 15 is 0 Å². The molecule has 0 radical (unpaired) electrons. The predicted molar refractivity (Wildman–Crippen MR) is 100 cm³/mol. The van der Waals surface area contributed by atoms with E-state index in [0.717, 1.165) is 44.9 Å². The Morgan fingerprint density at radius 2 is 1.20 bits per heavy atom. The summed E-state index contributed by atoms with van der Waals surface area (Å²) in [6, 6.07) is 0. The van der Waals surface area contributed by atoms with Gasteiger partial charge in [-0.2, -0.15) is 0 Å². The summed E-state index contributed by atoms with van der Waals surface area (Å²) >= 11 is 0. The monoisotopic (exact) mass is 354 g/mol. The Morgan fingerprint density at radius 1 is 0.720 bits per heavy atom. The van der Waals surface area contributed by atoms with Crippen LogP contribution in [0.4, 0.5) is 0 Å². The summed E-state index contributed by atoms with van der Waals surface area (Å²) in [5, 5.41) is 0. The molecule has 0 saturated heterocycles. The van der Waals surface area contributed by atoms with Crippen LogP contribution in [-0.4, -0.2) is 25.2 Å². The summed E-state index contributed by atoms with van der Waals surface area (Å²) in [6.45, 7) is 5.32. The molecule has 0 heterocycles. The highest BCUT2D eigenvalue weighted by molar-refractivity contribution is 5.76. The molecule has 1 fully saturated rings. The predicted octanol–water partition coefficient (Wildman–Crippen LogP) is 5.43. The number of rotatable bonds is 13. The van der Waals surface area contributed by atoms with Gasteiger partial charge in [-0.05, 0) is 32.1 Å². The standard InChI is InChI=1S/C21H38O4/c1-3-5-7-8-9-10-11-16-25-21(23)19-14-12-13-18(17-19)20(22)24-15-6-4-2/h18-19H,3-17H2,1-2H3. The molecule has 2 unspecified atom stereocenters. The fraction of sp³-hybridized carbons (Fsp3) is 0.905. The normalized spacial score (nSPS) is 20.2. The average Bonchev–Trinajstić information content (AvgIpc) is 2.64. The van der Waals surface area contributed by atoms with Crippen molar-refractivity contribution in [3.63, 3.8) is 0 Å². The average molecular weight is 355 g/mol. The quantitative estimate of drug-likeness (QED) is 0.327. The molecule has 0 aromatic carbocycles. The molecule has 4 nitrogen and oxygen atoms in total. The molecule has 0 aliphatic heterocycles. The van der Waals surface area contributed by atoms with Gasteiger partial charge in [0.2, 0.25) is 0 Å². The van der Waals surface area contributed by atoms with Crippen molar-refractivity contribution in [1.82, 2.24) is 0 Å². The van der Waals surface area contributed by atoms with Crippen molar-refractivity contribution in [3.8, 4) is 0 Å². The fourth-order valence-electron chi connectivity index (χ4n) is 3.40. The topological polar surface area (TPSA) is 52.6 Å². The Kier molecular flexibility index (Phi) is 12.4. The summed E-state index contributed by atoms with van der Waals surface area (Å²) in [7, 11) is 0. The zero-order valence-corrected chi connectivity index (χ0v) is 16.4. The number of unbranched alkanes of at least 4 members (excludes halogenated alkanes) is 7. The molecule has 2 atom stereocenters. The van der Waals surface area contributed by atoms with Gasteiger partial charge in [0.25, 0.3) is 0 Å². The third-order valence-corrected chi connectivity index (χ3v) is 5.08. The molecular weight excluding hydrogens is 316 g/mol. The van der Waals surface area contributed by atoms with E-state index in [1.54, 1.807) is 0 Å². The third kappa shape index (κ3) is 9.86. The lowest BCUT2D eigenvalue weighted by Crippen LogP contribution is -2.30. The molecule has 0 aromatic rings. The molecule has 0 amide bonds. The number of esters is 2. The first-order valence-corrected chi connectivity index (χ1v) is 10.5. The van der Waals surface area contributed by atoms with Gasteiger partial charge < -0.3 is 9.47 Å². The number of hydrogen-bond acceptors (Lipinski definition) is 4. The van der Waals surface area contributed by atoms with E-state index in [4.69, 9.17) is 9.47 Å². The Hall–Kier alpha value is -1.06. The lowest BCUT2D eigenvalue weighted by molar-refractivity contribution is -0.155. The van der Waals surface area contributed by atoms with Gasteiger partial charge in [0.1, 0.15) is 0 Å². The zero-order valence-electron chi connectivity index (χ0n) is 16.4. The zero-order chi connectivity index (χ0) is 18.3. The summed E-state index contributed by atoms with van der Waals surface area (Å²) in [6.07, 6.45) is 13.6. The van der Waals surface area contributed by atoms with Crippen LogP contribution < -0.4 is 0 Å². The molecule has 0 aromatic heterocycles. The molecule has 146 valence electrons. The number of ether oxygens (including phenoxy) is 2. The minimum Gasteiger partial charge on any atom is -0.465 e. The van der Waals surface area contributed by atoms with Gasteiger partial charge in [-0.1, -0.05) is 65.2 Å². The first-order valence-electron chi connectivity index (χ1n) is 10.5. The van der Waals surface area contributed by atoms with Crippen molar-refractivity contribution in [1.29, 1.82) is 0 Å². The van der Waals surface area contributed by atoms with Gasteiger partial charge in [-0.25, -0.2) is 0 Å². The van der Waals surface area contributed by atoms with Gasteiger partial charge in [0.05, 0.1) is 25.0 Å². The van der Waals surface area contributed by atoms with E-state index in [-0.39, 0.29) is 23.8 Å². The molecule has 25 heavy (non-hydrogen) atoms. The number of carbonyl (C=O) groups is 2. The second-order valence-corrected chi connectivity index (χ2v) is 7.37. The van der Waals surface area contributed by atoms with Crippen molar-refractivity contribution in [2.75, 3.05) is 13.2 Å². The van der Waals surface area contributed by atoms with E-state index in [9.17, 15) is 9.59 Å². The number of hydrogen-bond donors (Lipinski definition) is 0. The van der Waals surface area contributed by atoms with Crippen LogP contribution in [0, 0.1) is 11.8 Å². The molecule has 4 heteroatoms. The summed E-state index contributed by atoms with van der Waals surface area (Å²) in [5.74, 6) is -0.487.